The normalized spacial score (nSPS) is 18.1. The molecule has 3 aromatic rings. The lowest BCUT2D eigenvalue weighted by Gasteiger charge is -2.18. The summed E-state index contributed by atoms with van der Waals surface area (Å²) in [6.07, 6.45) is 0.632. The number of halogens is 4. The van der Waals surface area contributed by atoms with Gasteiger partial charge in [-0.2, -0.15) is 0 Å². The molecule has 2 heterocycles. The number of fused-ring (bicyclic) bond motifs is 1. The Kier molecular flexibility index (Phi) is 8.07. The number of aromatic hydroxyl groups is 1. The Morgan fingerprint density at radius 2 is 1.79 bits per heavy atom. The number of pyridine rings is 1. The van der Waals surface area contributed by atoms with Crippen LogP contribution in [-0.4, -0.2) is 53.8 Å². The maximum Gasteiger partial charge on any atom is 0.573 e. The first kappa shape index (κ1) is 27.0. The largest absolute Gasteiger partial charge is 0.573 e. The molecule has 1 fully saturated rings. The first-order valence-corrected chi connectivity index (χ1v) is 13.1. The molecule has 39 heavy (non-hydrogen) atoms. The highest BCUT2D eigenvalue weighted by Gasteiger charge is 2.31. The van der Waals surface area contributed by atoms with E-state index in [2.05, 4.69) is 14.6 Å². The van der Waals surface area contributed by atoms with Crippen molar-refractivity contribution in [3.63, 3.8) is 0 Å². The van der Waals surface area contributed by atoms with E-state index in [1.165, 1.54) is 12.1 Å². The van der Waals surface area contributed by atoms with Gasteiger partial charge in [0.25, 0.3) is 0 Å². The molecule has 2 aliphatic rings. The molecule has 9 heteroatoms. The summed E-state index contributed by atoms with van der Waals surface area (Å²) in [5, 5.41) is 10.1. The Morgan fingerprint density at radius 1 is 1.00 bits per heavy atom. The number of ether oxygens (including phenoxy) is 2. The number of hydrogen-bond acceptors (Lipinski definition) is 5. The van der Waals surface area contributed by atoms with Crippen LogP contribution in [0.4, 0.5) is 17.6 Å². The highest BCUT2D eigenvalue weighted by atomic mass is 19.4. The van der Waals surface area contributed by atoms with Crippen LogP contribution in [0.5, 0.6) is 17.4 Å². The van der Waals surface area contributed by atoms with Gasteiger partial charge < -0.3 is 14.6 Å². The van der Waals surface area contributed by atoms with E-state index in [4.69, 9.17) is 4.74 Å². The number of benzene rings is 2. The lowest BCUT2D eigenvalue weighted by Crippen LogP contribution is -2.26. The summed E-state index contributed by atoms with van der Waals surface area (Å²) in [5.41, 5.74) is 5.48. The minimum absolute atomic E-state index is 0.00301. The van der Waals surface area contributed by atoms with Crippen molar-refractivity contribution in [1.82, 2.24) is 9.88 Å². The predicted octanol–water partition coefficient (Wildman–Crippen LogP) is 6.79. The molecule has 1 unspecified atom stereocenters. The summed E-state index contributed by atoms with van der Waals surface area (Å²) in [5.74, 6) is 0.418. The number of likely N-dealkylation sites (tertiary alicyclic amines) is 1. The van der Waals surface area contributed by atoms with Crippen LogP contribution < -0.4 is 9.47 Å². The number of hydrogen-bond donors (Lipinski definition) is 1. The fraction of sp³-hybridized carbons (Fsp3) is 0.367. The van der Waals surface area contributed by atoms with Gasteiger partial charge in [-0.05, 0) is 90.3 Å². The Bertz CT molecular complexity index is 1310. The fourth-order valence-electron chi connectivity index (χ4n) is 5.40. The van der Waals surface area contributed by atoms with Crippen molar-refractivity contribution >= 4 is 11.1 Å². The van der Waals surface area contributed by atoms with E-state index in [0.29, 0.717) is 18.7 Å². The first-order valence-electron chi connectivity index (χ1n) is 13.1. The summed E-state index contributed by atoms with van der Waals surface area (Å²) in [4.78, 5) is 6.77. The molecule has 1 atom stereocenters. The van der Waals surface area contributed by atoms with Crippen LogP contribution >= 0.6 is 0 Å². The number of alkyl halides is 4. The topological polar surface area (TPSA) is 54.8 Å². The van der Waals surface area contributed by atoms with Crippen molar-refractivity contribution in [2.24, 2.45) is 0 Å². The standard InChI is InChI=1S/C30H30F4N2O3/c31-14-2-15-36-16-13-25(19-36)38-28-12-7-22(18-35-28)29-26(4-1-3-21-17-23(37)8-11-27(21)29)20-5-9-24(10-6-20)39-30(32,33)34/h5-12,17-18,25,37H,1-4,13-16,19H2. The predicted molar refractivity (Wildman–Crippen MR) is 140 cm³/mol. The molecule has 0 spiro atoms. The average molecular weight is 543 g/mol. The smallest absolute Gasteiger partial charge is 0.508 e. The van der Waals surface area contributed by atoms with Crippen molar-refractivity contribution in [1.29, 1.82) is 0 Å². The van der Waals surface area contributed by atoms with Gasteiger partial charge in [0.2, 0.25) is 5.88 Å². The summed E-state index contributed by atoms with van der Waals surface area (Å²) >= 11 is 0. The molecule has 1 saturated heterocycles. The second-order valence-corrected chi connectivity index (χ2v) is 9.88. The molecule has 0 amide bonds. The van der Waals surface area contributed by atoms with Gasteiger partial charge in [0, 0.05) is 37.5 Å². The Morgan fingerprint density at radius 3 is 2.51 bits per heavy atom. The van der Waals surface area contributed by atoms with Crippen LogP contribution in [0.15, 0.2) is 60.8 Å². The van der Waals surface area contributed by atoms with E-state index in [1.807, 2.05) is 18.2 Å². The number of nitrogens with zero attached hydrogens (tertiary/aromatic N) is 2. The molecule has 1 aliphatic heterocycles. The minimum Gasteiger partial charge on any atom is -0.508 e. The molecule has 0 saturated carbocycles. The van der Waals surface area contributed by atoms with Crippen LogP contribution in [0.3, 0.4) is 0 Å². The summed E-state index contributed by atoms with van der Waals surface area (Å²) < 4.78 is 60.7. The van der Waals surface area contributed by atoms with Crippen LogP contribution in [0.2, 0.25) is 0 Å². The number of allylic oxidation sites excluding steroid dienone is 1. The number of aryl methyl sites for hydroxylation is 1. The van der Waals surface area contributed by atoms with Crippen LogP contribution in [0.25, 0.3) is 11.1 Å². The van der Waals surface area contributed by atoms with E-state index in [-0.39, 0.29) is 24.3 Å². The van der Waals surface area contributed by atoms with Crippen LogP contribution in [0.1, 0.15) is 47.9 Å². The summed E-state index contributed by atoms with van der Waals surface area (Å²) in [7, 11) is 0. The molecule has 1 aromatic heterocycles. The van der Waals surface area contributed by atoms with Crippen molar-refractivity contribution in [2.45, 2.75) is 44.6 Å². The van der Waals surface area contributed by atoms with Gasteiger partial charge in [-0.3, -0.25) is 9.29 Å². The van der Waals surface area contributed by atoms with Gasteiger partial charge in [-0.1, -0.05) is 18.2 Å². The molecule has 1 aliphatic carbocycles. The third kappa shape index (κ3) is 6.71. The third-order valence-electron chi connectivity index (χ3n) is 7.12. The molecular weight excluding hydrogens is 512 g/mol. The van der Waals surface area contributed by atoms with Crippen molar-refractivity contribution in [2.75, 3.05) is 26.3 Å². The summed E-state index contributed by atoms with van der Waals surface area (Å²) in [6, 6.07) is 15.0. The minimum atomic E-state index is -4.75. The molecule has 2 aromatic carbocycles. The quantitative estimate of drug-likeness (QED) is 0.318. The van der Waals surface area contributed by atoms with E-state index in [1.54, 1.807) is 30.5 Å². The van der Waals surface area contributed by atoms with Crippen molar-refractivity contribution < 1.29 is 32.1 Å². The number of phenolic OH excluding ortho intramolecular Hbond substituents is 1. The SMILES string of the molecule is Oc1ccc2c(c1)CCCC(c1ccc(OC(F)(F)F)cc1)=C2c1ccc(OC2CCN(CCCF)C2)nc1. The van der Waals surface area contributed by atoms with E-state index in [9.17, 15) is 22.7 Å². The van der Waals surface area contributed by atoms with Crippen LogP contribution in [-0.2, 0) is 6.42 Å². The third-order valence-corrected chi connectivity index (χ3v) is 7.12. The monoisotopic (exact) mass is 542 g/mol. The zero-order chi connectivity index (χ0) is 27.4. The highest BCUT2D eigenvalue weighted by molar-refractivity contribution is 5.99. The molecule has 5 nitrogen and oxygen atoms in total. The van der Waals surface area contributed by atoms with Gasteiger partial charge in [0.05, 0.1) is 6.67 Å². The zero-order valence-corrected chi connectivity index (χ0v) is 21.4. The lowest BCUT2D eigenvalue weighted by molar-refractivity contribution is -0.274. The maximum absolute atomic E-state index is 12.7. The average Bonchev–Trinajstić information content (AvgIpc) is 3.26. The second-order valence-electron chi connectivity index (χ2n) is 9.88. The molecule has 1 N–H and O–H groups in total. The number of rotatable bonds is 8. The van der Waals surface area contributed by atoms with Gasteiger partial charge in [0.1, 0.15) is 17.6 Å². The number of aromatic nitrogens is 1. The summed E-state index contributed by atoms with van der Waals surface area (Å²) in [6.45, 7) is 2.01. The number of phenols is 1. The van der Waals surface area contributed by atoms with Gasteiger partial charge in [-0.25, -0.2) is 4.98 Å². The molecule has 5 rings (SSSR count). The Hall–Kier alpha value is -3.59. The molecular formula is C30H30F4N2O3. The zero-order valence-electron chi connectivity index (χ0n) is 21.4. The van der Waals surface area contributed by atoms with E-state index in [0.717, 1.165) is 72.3 Å². The van der Waals surface area contributed by atoms with Gasteiger partial charge >= 0.3 is 6.36 Å². The van der Waals surface area contributed by atoms with Gasteiger partial charge in [0.15, 0.2) is 0 Å². The van der Waals surface area contributed by atoms with E-state index < -0.39 is 6.36 Å². The lowest BCUT2D eigenvalue weighted by atomic mass is 9.88. The second kappa shape index (κ2) is 11.7. The van der Waals surface area contributed by atoms with Crippen molar-refractivity contribution in [3.05, 3.63) is 83.0 Å². The Balaban J connectivity index is 1.45. The molecule has 206 valence electrons. The highest BCUT2D eigenvalue weighted by Crippen LogP contribution is 2.41. The van der Waals surface area contributed by atoms with E-state index >= 15 is 0 Å². The van der Waals surface area contributed by atoms with Gasteiger partial charge in [-0.15, -0.1) is 13.2 Å². The maximum atomic E-state index is 12.7. The fourth-order valence-corrected chi connectivity index (χ4v) is 5.40. The van der Waals surface area contributed by atoms with Crippen molar-refractivity contribution in [3.8, 4) is 17.4 Å². The molecule has 0 bridgehead atoms. The first-order chi connectivity index (χ1) is 18.8. The molecule has 0 radical (unpaired) electrons. The Labute approximate surface area is 224 Å². The van der Waals surface area contributed by atoms with Crippen LogP contribution in [0, 0.1) is 0 Å².